The summed E-state index contributed by atoms with van der Waals surface area (Å²) >= 11 is 0. The summed E-state index contributed by atoms with van der Waals surface area (Å²) in [4.78, 5) is 35.6. The molecule has 4 heterocycles. The van der Waals surface area contributed by atoms with Crippen LogP contribution in [0.3, 0.4) is 0 Å². The van der Waals surface area contributed by atoms with Crippen LogP contribution in [-0.2, 0) is 23.2 Å². The van der Waals surface area contributed by atoms with Crippen molar-refractivity contribution in [3.63, 3.8) is 0 Å². The van der Waals surface area contributed by atoms with Crippen molar-refractivity contribution in [1.82, 2.24) is 24.6 Å². The average molecular weight is 603 g/mol. The first-order chi connectivity index (χ1) is 21.3. The van der Waals surface area contributed by atoms with Crippen LogP contribution in [0.2, 0.25) is 0 Å². The van der Waals surface area contributed by atoms with Crippen molar-refractivity contribution in [3.8, 4) is 28.4 Å². The van der Waals surface area contributed by atoms with E-state index in [1.54, 1.807) is 44.7 Å². The molecule has 2 aromatic heterocycles. The lowest BCUT2D eigenvalue weighted by molar-refractivity contribution is -0.680. The standard InChI is InChI=1S/C32H34F2N7O3/c1-37-22-35-29(20-32(37)44-18-17-39-12-2-3-30(39)42)38-13-15-40(16-14-38)31(43)21-41-28(24-6-10-26(34)11-7-24)19-27(36-41)23-4-8-25(33)9-5-23/h4-11,19-20,22H,2-3,12-18,21H2,1H3/q+1. The second-order valence-electron chi connectivity index (χ2n) is 11.0. The number of carbonyl (C=O) groups excluding carboxylic acids is 2. The second kappa shape index (κ2) is 12.8. The van der Waals surface area contributed by atoms with Gasteiger partial charge in [0.05, 0.1) is 31.0 Å². The number of amides is 2. The molecule has 2 aliphatic heterocycles. The third-order valence-electron chi connectivity index (χ3n) is 8.05. The fourth-order valence-electron chi connectivity index (χ4n) is 5.53. The van der Waals surface area contributed by atoms with Crippen LogP contribution in [0.5, 0.6) is 5.88 Å². The van der Waals surface area contributed by atoms with Crippen molar-refractivity contribution < 1.29 is 27.7 Å². The molecule has 0 aliphatic carbocycles. The van der Waals surface area contributed by atoms with Crippen molar-refractivity contribution in [3.05, 3.63) is 78.6 Å². The van der Waals surface area contributed by atoms with Gasteiger partial charge in [0.15, 0.2) is 0 Å². The Labute approximate surface area is 254 Å². The van der Waals surface area contributed by atoms with Gasteiger partial charge in [-0.05, 0) is 66.0 Å². The molecule has 10 nitrogen and oxygen atoms in total. The van der Waals surface area contributed by atoms with Crippen LogP contribution < -0.4 is 14.2 Å². The van der Waals surface area contributed by atoms with Gasteiger partial charge < -0.3 is 19.4 Å². The Balaban J connectivity index is 1.10. The van der Waals surface area contributed by atoms with Crippen molar-refractivity contribution in [1.29, 1.82) is 0 Å². The summed E-state index contributed by atoms with van der Waals surface area (Å²) in [5.74, 6) is 0.801. The van der Waals surface area contributed by atoms with Crippen LogP contribution in [0.1, 0.15) is 12.8 Å². The molecule has 2 amide bonds. The van der Waals surface area contributed by atoms with Gasteiger partial charge in [-0.3, -0.25) is 14.3 Å². The summed E-state index contributed by atoms with van der Waals surface area (Å²) in [5, 5.41) is 4.67. The number of aryl methyl sites for hydroxylation is 1. The van der Waals surface area contributed by atoms with Gasteiger partial charge in [0.25, 0.3) is 18.0 Å². The maximum Gasteiger partial charge on any atom is 0.291 e. The molecule has 44 heavy (non-hydrogen) atoms. The van der Waals surface area contributed by atoms with Crippen LogP contribution in [-0.4, -0.2) is 82.3 Å². The Morgan fingerprint density at radius 3 is 2.27 bits per heavy atom. The molecule has 0 radical (unpaired) electrons. The minimum absolute atomic E-state index is 0.00480. The number of hydrogen-bond donors (Lipinski definition) is 0. The molecule has 0 bridgehead atoms. The van der Waals surface area contributed by atoms with Gasteiger partial charge in [-0.2, -0.15) is 5.10 Å². The second-order valence-corrected chi connectivity index (χ2v) is 11.0. The number of halogens is 2. The minimum atomic E-state index is -0.355. The number of anilines is 1. The van der Waals surface area contributed by atoms with E-state index in [9.17, 15) is 18.4 Å². The zero-order chi connectivity index (χ0) is 30.6. The maximum absolute atomic E-state index is 13.6. The van der Waals surface area contributed by atoms with Gasteiger partial charge >= 0.3 is 0 Å². The predicted octanol–water partition coefficient (Wildman–Crippen LogP) is 3.06. The first kappa shape index (κ1) is 29.2. The van der Waals surface area contributed by atoms with Crippen LogP contribution in [0.4, 0.5) is 14.6 Å². The highest BCUT2D eigenvalue weighted by Gasteiger charge is 2.26. The summed E-state index contributed by atoms with van der Waals surface area (Å²) in [7, 11) is 1.86. The maximum atomic E-state index is 13.6. The Bertz CT molecular complexity index is 1630. The van der Waals surface area contributed by atoms with E-state index in [1.165, 1.54) is 24.3 Å². The van der Waals surface area contributed by atoms with Gasteiger partial charge in [0.2, 0.25) is 11.8 Å². The van der Waals surface area contributed by atoms with Crippen molar-refractivity contribution in [2.75, 3.05) is 50.8 Å². The zero-order valence-corrected chi connectivity index (χ0v) is 24.5. The lowest BCUT2D eigenvalue weighted by Crippen LogP contribution is -2.50. The number of aromatic nitrogens is 4. The Kier molecular flexibility index (Phi) is 8.49. The smallest absolute Gasteiger partial charge is 0.291 e. The summed E-state index contributed by atoms with van der Waals surface area (Å²) < 4.78 is 36.6. The van der Waals surface area contributed by atoms with Crippen molar-refractivity contribution >= 4 is 17.6 Å². The predicted molar refractivity (Wildman–Crippen MR) is 159 cm³/mol. The highest BCUT2D eigenvalue weighted by Crippen LogP contribution is 2.27. The third kappa shape index (κ3) is 6.53. The third-order valence-corrected chi connectivity index (χ3v) is 8.05. The highest BCUT2D eigenvalue weighted by atomic mass is 19.1. The van der Waals surface area contributed by atoms with Crippen LogP contribution in [0.25, 0.3) is 22.5 Å². The minimum Gasteiger partial charge on any atom is -0.460 e. The molecule has 0 saturated carbocycles. The number of hydrogen-bond acceptors (Lipinski definition) is 6. The lowest BCUT2D eigenvalue weighted by Gasteiger charge is -2.34. The number of nitrogens with zero attached hydrogens (tertiary/aromatic N) is 7. The van der Waals surface area contributed by atoms with Gasteiger partial charge in [-0.25, -0.2) is 13.3 Å². The molecule has 4 aromatic rings. The van der Waals surface area contributed by atoms with Gasteiger partial charge in [-0.1, -0.05) is 0 Å². The van der Waals surface area contributed by atoms with Crippen LogP contribution in [0.15, 0.2) is 67.0 Å². The molecule has 2 saturated heterocycles. The van der Waals surface area contributed by atoms with Crippen molar-refractivity contribution in [2.45, 2.75) is 19.4 Å². The molecule has 6 rings (SSSR count). The first-order valence-electron chi connectivity index (χ1n) is 14.7. The van der Waals surface area contributed by atoms with E-state index in [0.29, 0.717) is 68.6 Å². The summed E-state index contributed by atoms with van der Waals surface area (Å²) in [6.45, 7) is 3.95. The molecule has 0 N–H and O–H groups in total. The molecule has 2 aromatic carbocycles. The number of ether oxygens (including phenoxy) is 1. The zero-order valence-electron chi connectivity index (χ0n) is 24.5. The quantitative estimate of drug-likeness (QED) is 0.274. The van der Waals surface area contributed by atoms with E-state index in [4.69, 9.17) is 4.74 Å². The molecular weight excluding hydrogens is 568 g/mol. The molecule has 0 atom stereocenters. The number of benzene rings is 2. The van der Waals surface area contributed by atoms with E-state index in [1.807, 2.05) is 24.1 Å². The number of carbonyl (C=O) groups is 2. The lowest BCUT2D eigenvalue weighted by atomic mass is 10.1. The fraction of sp³-hybridized carbons (Fsp3) is 0.344. The molecule has 2 fully saturated rings. The summed E-state index contributed by atoms with van der Waals surface area (Å²) in [6, 6.07) is 15.8. The number of likely N-dealkylation sites (tertiary alicyclic amines) is 1. The van der Waals surface area contributed by atoms with Crippen LogP contribution in [0, 0.1) is 11.6 Å². The molecule has 2 aliphatic rings. The molecular formula is C32H34F2N7O3+. The molecule has 12 heteroatoms. The average Bonchev–Trinajstić information content (AvgIpc) is 3.64. The van der Waals surface area contributed by atoms with E-state index < -0.39 is 0 Å². The number of rotatable bonds is 9. The first-order valence-corrected chi connectivity index (χ1v) is 14.7. The molecule has 228 valence electrons. The highest BCUT2D eigenvalue weighted by molar-refractivity contribution is 5.78. The summed E-state index contributed by atoms with van der Waals surface area (Å²) in [5.41, 5.74) is 2.69. The fourth-order valence-corrected chi connectivity index (χ4v) is 5.53. The van der Waals surface area contributed by atoms with Gasteiger partial charge in [0.1, 0.15) is 24.8 Å². The topological polar surface area (TPSA) is 87.7 Å². The van der Waals surface area contributed by atoms with E-state index in [-0.39, 0.29) is 30.0 Å². The Hall–Kier alpha value is -4.87. The normalized spacial score (nSPS) is 15.2. The van der Waals surface area contributed by atoms with Crippen LogP contribution >= 0.6 is 0 Å². The SMILES string of the molecule is C[n+]1cnc(N2CCN(C(=O)Cn3nc(-c4ccc(F)cc4)cc3-c3ccc(F)cc3)CC2)cc1OCCN1CCCC1=O. The largest absolute Gasteiger partial charge is 0.460 e. The Morgan fingerprint density at radius 1 is 0.932 bits per heavy atom. The van der Waals surface area contributed by atoms with Crippen molar-refractivity contribution in [2.24, 2.45) is 7.05 Å². The van der Waals surface area contributed by atoms with E-state index >= 15 is 0 Å². The van der Waals surface area contributed by atoms with E-state index in [2.05, 4.69) is 15.0 Å². The monoisotopic (exact) mass is 602 g/mol. The molecule has 0 unspecified atom stereocenters. The van der Waals surface area contributed by atoms with Gasteiger partial charge in [-0.15, -0.1) is 0 Å². The van der Waals surface area contributed by atoms with E-state index in [0.717, 1.165) is 24.3 Å². The molecule has 0 spiro atoms. The van der Waals surface area contributed by atoms with Gasteiger partial charge in [0, 0.05) is 50.3 Å². The summed E-state index contributed by atoms with van der Waals surface area (Å²) in [6.07, 6.45) is 3.21. The number of piperazine rings is 1. The Morgan fingerprint density at radius 2 is 1.61 bits per heavy atom.